The number of aromatic amines is 1. The second-order valence-electron chi connectivity index (χ2n) is 7.67. The molecule has 0 aliphatic heterocycles. The summed E-state index contributed by atoms with van der Waals surface area (Å²) in [5, 5.41) is 13.9. The average molecular weight is 417 g/mol. The van der Waals surface area contributed by atoms with Crippen LogP contribution in [0.5, 0.6) is 11.5 Å². The fraction of sp³-hybridized carbons (Fsp3) is 0.259. The second kappa shape index (κ2) is 10.7. The topological polar surface area (TPSA) is 57.3 Å². The van der Waals surface area contributed by atoms with Gasteiger partial charge in [-0.1, -0.05) is 36.8 Å². The maximum absolute atomic E-state index is 9.57. The number of fused-ring (bicyclic) bond motifs is 1. The zero-order chi connectivity index (χ0) is 22.2. The lowest BCUT2D eigenvalue weighted by molar-refractivity contribution is 0.415. The Morgan fingerprint density at radius 3 is 2.29 bits per heavy atom. The lowest BCUT2D eigenvalue weighted by Crippen LogP contribution is -2.15. The van der Waals surface area contributed by atoms with E-state index < -0.39 is 0 Å². The molecule has 4 rings (SSSR count). The Hall–Kier alpha value is -3.24. The van der Waals surface area contributed by atoms with E-state index in [4.69, 9.17) is 4.74 Å². The highest BCUT2D eigenvalue weighted by atomic mass is 16.5. The zero-order valence-electron chi connectivity index (χ0n) is 18.8. The van der Waals surface area contributed by atoms with Gasteiger partial charge in [0.15, 0.2) is 0 Å². The van der Waals surface area contributed by atoms with Crippen molar-refractivity contribution in [1.82, 2.24) is 10.3 Å². The first-order chi connectivity index (χ1) is 15.0. The van der Waals surface area contributed by atoms with Gasteiger partial charge in [0.2, 0.25) is 0 Å². The molecule has 0 radical (unpaired) electrons. The Kier molecular flexibility index (Phi) is 7.74. The zero-order valence-corrected chi connectivity index (χ0v) is 18.8. The van der Waals surface area contributed by atoms with Crippen LogP contribution in [0.1, 0.15) is 23.6 Å². The van der Waals surface area contributed by atoms with Gasteiger partial charge in [-0.05, 0) is 92.5 Å². The third kappa shape index (κ3) is 5.89. The number of aromatic nitrogens is 1. The van der Waals surface area contributed by atoms with Crippen molar-refractivity contribution in [3.63, 3.8) is 0 Å². The maximum atomic E-state index is 9.57. The summed E-state index contributed by atoms with van der Waals surface area (Å²) in [5.41, 5.74) is 7.10. The summed E-state index contributed by atoms with van der Waals surface area (Å²) in [6.07, 6.45) is 1.13. The molecule has 0 saturated carbocycles. The fourth-order valence-corrected chi connectivity index (χ4v) is 3.53. The summed E-state index contributed by atoms with van der Waals surface area (Å²) in [6.45, 7) is 8.45. The van der Waals surface area contributed by atoms with Crippen LogP contribution in [0.25, 0.3) is 22.2 Å². The van der Waals surface area contributed by atoms with E-state index in [1.807, 2.05) is 30.3 Å². The van der Waals surface area contributed by atoms with Gasteiger partial charge in [0.25, 0.3) is 0 Å². The molecule has 0 fully saturated rings. The van der Waals surface area contributed by atoms with E-state index in [2.05, 4.69) is 55.3 Å². The molecule has 4 heteroatoms. The van der Waals surface area contributed by atoms with Gasteiger partial charge in [0.05, 0.1) is 7.11 Å². The number of rotatable bonds is 6. The van der Waals surface area contributed by atoms with Gasteiger partial charge in [-0.2, -0.15) is 0 Å². The number of aryl methyl sites for hydroxylation is 2. The quantitative estimate of drug-likeness (QED) is 0.338. The molecule has 0 saturated heterocycles. The van der Waals surface area contributed by atoms with Crippen molar-refractivity contribution >= 4 is 10.9 Å². The molecule has 0 aliphatic rings. The summed E-state index contributed by atoms with van der Waals surface area (Å²) in [4.78, 5) is 3.39. The molecule has 1 heterocycles. The van der Waals surface area contributed by atoms with Crippen LogP contribution in [-0.4, -0.2) is 30.3 Å². The van der Waals surface area contributed by atoms with Crippen LogP contribution < -0.4 is 10.1 Å². The molecular weight excluding hydrogens is 384 g/mol. The highest BCUT2D eigenvalue weighted by Gasteiger charge is 2.10. The number of hydrogen-bond donors (Lipinski definition) is 3. The van der Waals surface area contributed by atoms with Gasteiger partial charge < -0.3 is 20.1 Å². The molecule has 0 bridgehead atoms. The highest BCUT2D eigenvalue weighted by molar-refractivity contribution is 5.91. The molecule has 31 heavy (non-hydrogen) atoms. The highest BCUT2D eigenvalue weighted by Crippen LogP contribution is 2.32. The minimum atomic E-state index is 0.288. The Balaban J connectivity index is 0.000000196. The number of ether oxygens (including phenoxy) is 1. The van der Waals surface area contributed by atoms with Crippen molar-refractivity contribution in [2.75, 3.05) is 20.2 Å². The smallest absolute Gasteiger partial charge is 0.118 e. The van der Waals surface area contributed by atoms with E-state index in [1.54, 1.807) is 19.2 Å². The van der Waals surface area contributed by atoms with Crippen LogP contribution in [0, 0.1) is 13.8 Å². The van der Waals surface area contributed by atoms with Crippen LogP contribution in [0.4, 0.5) is 0 Å². The van der Waals surface area contributed by atoms with Crippen molar-refractivity contribution in [3.05, 3.63) is 83.4 Å². The van der Waals surface area contributed by atoms with Crippen LogP contribution in [0.15, 0.2) is 66.7 Å². The van der Waals surface area contributed by atoms with E-state index >= 15 is 0 Å². The SMILES string of the molecule is CCNCCc1ccc(C)cc1.COc1ccc(-c2[nH]c3ccc(O)cc3c2C)cc1. The number of benzene rings is 3. The number of H-pyrrole nitrogens is 1. The third-order valence-electron chi connectivity index (χ3n) is 5.38. The third-order valence-corrected chi connectivity index (χ3v) is 5.38. The molecule has 3 aromatic carbocycles. The predicted octanol–water partition coefficient (Wildman–Crippen LogP) is 6.00. The van der Waals surface area contributed by atoms with Gasteiger partial charge in [-0.15, -0.1) is 0 Å². The molecule has 1 aromatic heterocycles. The molecule has 3 N–H and O–H groups in total. The average Bonchev–Trinajstić information content (AvgIpc) is 3.12. The molecule has 0 aliphatic carbocycles. The van der Waals surface area contributed by atoms with Crippen molar-refractivity contribution in [2.24, 2.45) is 0 Å². The fourth-order valence-electron chi connectivity index (χ4n) is 3.53. The van der Waals surface area contributed by atoms with Gasteiger partial charge in [-0.3, -0.25) is 0 Å². The number of aromatic hydroxyl groups is 1. The monoisotopic (exact) mass is 416 g/mol. The van der Waals surface area contributed by atoms with E-state index in [9.17, 15) is 5.11 Å². The molecule has 162 valence electrons. The minimum Gasteiger partial charge on any atom is -0.508 e. The normalized spacial score (nSPS) is 10.6. The first-order valence-corrected chi connectivity index (χ1v) is 10.7. The number of methoxy groups -OCH3 is 1. The number of phenols is 1. The minimum absolute atomic E-state index is 0.288. The van der Waals surface area contributed by atoms with Crippen LogP contribution >= 0.6 is 0 Å². The summed E-state index contributed by atoms with van der Waals surface area (Å²) >= 11 is 0. The largest absolute Gasteiger partial charge is 0.508 e. The Morgan fingerprint density at radius 2 is 1.65 bits per heavy atom. The van der Waals surface area contributed by atoms with Gasteiger partial charge in [0.1, 0.15) is 11.5 Å². The number of hydrogen-bond acceptors (Lipinski definition) is 3. The molecular formula is C27H32N2O2. The molecule has 0 atom stereocenters. The van der Waals surface area contributed by atoms with Gasteiger partial charge in [0, 0.05) is 16.6 Å². The molecule has 4 nitrogen and oxygen atoms in total. The molecule has 0 unspecified atom stereocenters. The summed E-state index contributed by atoms with van der Waals surface area (Å²) in [5.74, 6) is 1.13. The van der Waals surface area contributed by atoms with E-state index in [0.29, 0.717) is 0 Å². The van der Waals surface area contributed by atoms with E-state index in [0.717, 1.165) is 53.0 Å². The molecule has 0 amide bonds. The van der Waals surface area contributed by atoms with E-state index in [-0.39, 0.29) is 5.75 Å². The van der Waals surface area contributed by atoms with Crippen molar-refractivity contribution in [2.45, 2.75) is 27.2 Å². The van der Waals surface area contributed by atoms with Crippen LogP contribution in [0.3, 0.4) is 0 Å². The summed E-state index contributed by atoms with van der Waals surface area (Å²) in [6, 6.07) is 22.0. The first-order valence-electron chi connectivity index (χ1n) is 10.7. The van der Waals surface area contributed by atoms with E-state index in [1.165, 1.54) is 11.1 Å². The number of phenolic OH excluding ortho intramolecular Hbond substituents is 1. The lowest BCUT2D eigenvalue weighted by Gasteiger charge is -2.03. The van der Waals surface area contributed by atoms with Crippen molar-refractivity contribution in [1.29, 1.82) is 0 Å². The summed E-state index contributed by atoms with van der Waals surface area (Å²) < 4.78 is 5.17. The van der Waals surface area contributed by atoms with Crippen molar-refractivity contribution < 1.29 is 9.84 Å². The lowest BCUT2D eigenvalue weighted by atomic mass is 10.1. The van der Waals surface area contributed by atoms with Gasteiger partial charge in [-0.25, -0.2) is 0 Å². The van der Waals surface area contributed by atoms with Crippen molar-refractivity contribution in [3.8, 4) is 22.8 Å². The Morgan fingerprint density at radius 1 is 0.935 bits per heavy atom. The van der Waals surface area contributed by atoms with Gasteiger partial charge >= 0.3 is 0 Å². The molecule has 0 spiro atoms. The maximum Gasteiger partial charge on any atom is 0.118 e. The number of likely N-dealkylation sites (N-methyl/N-ethyl adjacent to an activating group) is 1. The van der Waals surface area contributed by atoms with Crippen LogP contribution in [0.2, 0.25) is 0 Å². The summed E-state index contributed by atoms with van der Waals surface area (Å²) in [7, 11) is 1.66. The molecule has 4 aromatic rings. The Labute approximate surface area is 184 Å². The number of nitrogens with one attached hydrogen (secondary N) is 2. The standard InChI is InChI=1S/C16H15NO2.C11H17N/c1-10-14-9-12(18)5-8-15(14)17-16(10)11-3-6-13(19-2)7-4-11;1-3-12-9-8-11-6-4-10(2)5-7-11/h3-9,17-18H,1-2H3;4-7,12H,3,8-9H2,1-2H3. The van der Waals surface area contributed by atoms with Crippen LogP contribution in [-0.2, 0) is 6.42 Å². The Bertz CT molecular complexity index is 1100. The predicted molar refractivity (Wildman–Crippen MR) is 130 cm³/mol. The first kappa shape index (κ1) is 22.4. The second-order valence-corrected chi connectivity index (χ2v) is 7.67.